The van der Waals surface area contributed by atoms with Gasteiger partial charge in [0, 0.05) is 17.9 Å². The lowest BCUT2D eigenvalue weighted by atomic mass is 10.2. The van der Waals surface area contributed by atoms with Crippen molar-refractivity contribution in [1.29, 1.82) is 0 Å². The molecule has 1 aromatic carbocycles. The zero-order valence-corrected chi connectivity index (χ0v) is 15.5. The van der Waals surface area contributed by atoms with Crippen LogP contribution in [0.1, 0.15) is 26.0 Å². The van der Waals surface area contributed by atoms with E-state index in [4.69, 9.17) is 4.74 Å². The minimum absolute atomic E-state index is 0.0170. The summed E-state index contributed by atoms with van der Waals surface area (Å²) in [4.78, 5) is 18.0. The molecule has 0 aliphatic carbocycles. The van der Waals surface area contributed by atoms with Gasteiger partial charge in [-0.15, -0.1) is 11.3 Å². The molecule has 3 rings (SSSR count). The molecule has 2 N–H and O–H groups in total. The Kier molecular flexibility index (Phi) is 5.96. The molecule has 5 nitrogen and oxygen atoms in total. The van der Waals surface area contributed by atoms with Crippen molar-refractivity contribution in [3.8, 4) is 11.3 Å². The van der Waals surface area contributed by atoms with Crippen LogP contribution in [0, 0.1) is 0 Å². The Labute approximate surface area is 151 Å². The molecule has 0 unspecified atom stereocenters. The van der Waals surface area contributed by atoms with Gasteiger partial charge >= 0.3 is 0 Å². The number of nitrogens with two attached hydrogens (primary N) is 1. The van der Waals surface area contributed by atoms with Gasteiger partial charge in [0.1, 0.15) is 12.2 Å². The maximum absolute atomic E-state index is 12.6. The fraction of sp³-hybridized carbons (Fsp3) is 0.368. The van der Waals surface area contributed by atoms with Crippen molar-refractivity contribution >= 4 is 16.3 Å². The van der Waals surface area contributed by atoms with Crippen molar-refractivity contribution in [1.82, 2.24) is 9.38 Å². The van der Waals surface area contributed by atoms with E-state index in [9.17, 15) is 4.79 Å². The fourth-order valence-electron chi connectivity index (χ4n) is 2.68. The largest absolute Gasteiger partial charge is 0.379 e. The average Bonchev–Trinajstić information content (AvgIpc) is 3.03. The summed E-state index contributed by atoms with van der Waals surface area (Å²) in [5.74, 6) is 0. The Morgan fingerprint density at radius 3 is 2.84 bits per heavy atom. The van der Waals surface area contributed by atoms with Gasteiger partial charge in [-0.2, -0.15) is 0 Å². The summed E-state index contributed by atoms with van der Waals surface area (Å²) >= 11 is 1.51. The van der Waals surface area contributed by atoms with Crippen LogP contribution in [-0.2, 0) is 11.3 Å². The van der Waals surface area contributed by atoms with E-state index in [2.05, 4.69) is 10.3 Å². The lowest BCUT2D eigenvalue weighted by molar-refractivity contribution is -0.671. The van der Waals surface area contributed by atoms with Crippen LogP contribution in [-0.4, -0.2) is 28.6 Å². The molecule has 132 valence electrons. The van der Waals surface area contributed by atoms with Crippen LogP contribution in [0.25, 0.3) is 16.2 Å². The van der Waals surface area contributed by atoms with E-state index in [1.54, 1.807) is 10.5 Å². The topological polar surface area (TPSA) is 60.2 Å². The van der Waals surface area contributed by atoms with Crippen LogP contribution >= 0.6 is 11.3 Å². The van der Waals surface area contributed by atoms with Gasteiger partial charge in [-0.25, -0.2) is 4.98 Å². The number of benzene rings is 1. The van der Waals surface area contributed by atoms with E-state index in [1.165, 1.54) is 11.3 Å². The quantitative estimate of drug-likeness (QED) is 0.629. The van der Waals surface area contributed by atoms with Crippen LogP contribution in [0.4, 0.5) is 0 Å². The fourth-order valence-corrected chi connectivity index (χ4v) is 3.60. The molecule has 0 amide bonds. The standard InChI is InChI=1S/C19H23N3O2S/c1-14(2)24-10-6-9-20-12-16-11-18(23)22-17(13-25-19(22)21-16)15-7-4-3-5-8-15/h3-5,7-8,11,13-14,20H,6,9-10,12H2,1-2H3/p+1. The van der Waals surface area contributed by atoms with Crippen molar-refractivity contribution < 1.29 is 10.1 Å². The highest BCUT2D eigenvalue weighted by Gasteiger charge is 2.11. The van der Waals surface area contributed by atoms with Crippen molar-refractivity contribution in [2.45, 2.75) is 32.9 Å². The van der Waals surface area contributed by atoms with Crippen molar-refractivity contribution in [2.24, 2.45) is 0 Å². The number of aromatic nitrogens is 2. The number of hydrogen-bond donors (Lipinski definition) is 1. The van der Waals surface area contributed by atoms with Gasteiger partial charge in [0.05, 0.1) is 24.9 Å². The predicted octanol–water partition coefficient (Wildman–Crippen LogP) is 2.30. The molecule has 0 saturated carbocycles. The number of nitrogens with zero attached hydrogens (tertiary/aromatic N) is 2. The maximum Gasteiger partial charge on any atom is 0.259 e. The van der Waals surface area contributed by atoms with E-state index in [0.717, 1.165) is 41.5 Å². The first-order chi connectivity index (χ1) is 12.1. The number of rotatable bonds is 8. The first kappa shape index (κ1) is 17.8. The van der Waals surface area contributed by atoms with E-state index >= 15 is 0 Å². The molecule has 0 spiro atoms. The molecule has 0 fully saturated rings. The van der Waals surface area contributed by atoms with Gasteiger partial charge in [0.2, 0.25) is 0 Å². The van der Waals surface area contributed by atoms with E-state index in [1.807, 2.05) is 49.6 Å². The van der Waals surface area contributed by atoms with Crippen LogP contribution in [0.3, 0.4) is 0 Å². The number of ether oxygens (including phenoxy) is 1. The normalized spacial score (nSPS) is 11.5. The summed E-state index contributed by atoms with van der Waals surface area (Å²) in [6, 6.07) is 11.6. The van der Waals surface area contributed by atoms with Gasteiger partial charge in [-0.3, -0.25) is 9.20 Å². The first-order valence-corrected chi connectivity index (χ1v) is 9.52. The molecule has 0 aliphatic rings. The third-order valence-electron chi connectivity index (χ3n) is 3.88. The molecular weight excluding hydrogens is 334 g/mol. The summed E-state index contributed by atoms with van der Waals surface area (Å²) in [5.41, 5.74) is 2.74. The zero-order valence-electron chi connectivity index (χ0n) is 14.6. The van der Waals surface area contributed by atoms with Crippen LogP contribution in [0.5, 0.6) is 0 Å². The lowest BCUT2D eigenvalue weighted by Gasteiger charge is -2.06. The summed E-state index contributed by atoms with van der Waals surface area (Å²) in [7, 11) is 0. The van der Waals surface area contributed by atoms with Gasteiger partial charge < -0.3 is 10.1 Å². The molecule has 25 heavy (non-hydrogen) atoms. The number of quaternary nitrogens is 1. The molecule has 0 bridgehead atoms. The van der Waals surface area contributed by atoms with Crippen LogP contribution in [0.15, 0.2) is 46.6 Å². The summed E-state index contributed by atoms with van der Waals surface area (Å²) < 4.78 is 7.22. The second-order valence-electron chi connectivity index (χ2n) is 6.25. The molecule has 0 saturated heterocycles. The monoisotopic (exact) mass is 358 g/mol. The molecule has 0 atom stereocenters. The van der Waals surface area contributed by atoms with Crippen LogP contribution in [0.2, 0.25) is 0 Å². The second kappa shape index (κ2) is 8.38. The molecule has 6 heteroatoms. The third kappa shape index (κ3) is 4.54. The SMILES string of the molecule is CC(C)OCCC[NH2+]Cc1cc(=O)n2c(-c3ccccc3)csc2n1. The van der Waals surface area contributed by atoms with E-state index < -0.39 is 0 Å². The van der Waals surface area contributed by atoms with Gasteiger partial charge in [0.25, 0.3) is 5.56 Å². The molecule has 2 heterocycles. The van der Waals surface area contributed by atoms with Gasteiger partial charge in [-0.1, -0.05) is 30.3 Å². The number of hydrogen-bond acceptors (Lipinski definition) is 4. The minimum atomic E-state index is -0.0170. The van der Waals surface area contributed by atoms with Gasteiger partial charge in [0.15, 0.2) is 4.96 Å². The van der Waals surface area contributed by atoms with E-state index in [-0.39, 0.29) is 11.7 Å². The Balaban J connectivity index is 1.68. The summed E-state index contributed by atoms with van der Waals surface area (Å²) in [5, 5.41) is 4.17. The van der Waals surface area contributed by atoms with Crippen molar-refractivity contribution in [2.75, 3.05) is 13.2 Å². The highest BCUT2D eigenvalue weighted by Crippen LogP contribution is 2.23. The van der Waals surface area contributed by atoms with Crippen molar-refractivity contribution in [3.05, 3.63) is 57.8 Å². The molecule has 0 radical (unpaired) electrons. The predicted molar refractivity (Wildman–Crippen MR) is 101 cm³/mol. The van der Waals surface area contributed by atoms with Crippen molar-refractivity contribution in [3.63, 3.8) is 0 Å². The molecular formula is C19H24N3O2S+. The Morgan fingerprint density at radius 2 is 2.08 bits per heavy atom. The summed E-state index contributed by atoms with van der Waals surface area (Å²) in [6.07, 6.45) is 1.28. The third-order valence-corrected chi connectivity index (χ3v) is 4.71. The second-order valence-corrected chi connectivity index (χ2v) is 7.08. The molecule has 0 aliphatic heterocycles. The number of fused-ring (bicyclic) bond motifs is 1. The lowest BCUT2D eigenvalue weighted by Crippen LogP contribution is -2.82. The maximum atomic E-state index is 12.6. The first-order valence-electron chi connectivity index (χ1n) is 8.64. The zero-order chi connectivity index (χ0) is 17.6. The van der Waals surface area contributed by atoms with Gasteiger partial charge in [-0.05, 0) is 19.4 Å². The minimum Gasteiger partial charge on any atom is -0.379 e. The smallest absolute Gasteiger partial charge is 0.259 e. The average molecular weight is 358 g/mol. The van der Waals surface area contributed by atoms with E-state index in [0.29, 0.717) is 6.54 Å². The Hall–Kier alpha value is -2.02. The Bertz CT molecular complexity index is 871. The highest BCUT2D eigenvalue weighted by atomic mass is 32.1. The molecule has 3 aromatic rings. The van der Waals surface area contributed by atoms with Crippen LogP contribution < -0.4 is 10.9 Å². The molecule has 2 aromatic heterocycles. The Morgan fingerprint density at radius 1 is 1.28 bits per heavy atom. The highest BCUT2D eigenvalue weighted by molar-refractivity contribution is 7.15. The number of thiazole rings is 1. The summed E-state index contributed by atoms with van der Waals surface area (Å²) in [6.45, 7) is 6.54.